The van der Waals surface area contributed by atoms with E-state index in [0.717, 1.165) is 0 Å². The van der Waals surface area contributed by atoms with Crippen LogP contribution in [0.15, 0.2) is 36.4 Å². The first-order valence-corrected chi connectivity index (χ1v) is 8.03. The van der Waals surface area contributed by atoms with Gasteiger partial charge in [-0.3, -0.25) is 4.79 Å². The quantitative estimate of drug-likeness (QED) is 0.782. The maximum Gasteiger partial charge on any atom is 0.238 e. The molecule has 0 radical (unpaired) electrons. The molecule has 0 aliphatic heterocycles. The van der Waals surface area contributed by atoms with Gasteiger partial charge in [-0.2, -0.15) is 0 Å². The number of carbonyl (C=O) groups is 1. The first-order valence-electron chi connectivity index (χ1n) is 7.65. The van der Waals surface area contributed by atoms with Crippen LogP contribution in [0.1, 0.15) is 18.5 Å². The zero-order valence-corrected chi connectivity index (χ0v) is 15.0. The lowest BCUT2D eigenvalue weighted by molar-refractivity contribution is -0.115. The fourth-order valence-electron chi connectivity index (χ4n) is 2.33. The van der Waals surface area contributed by atoms with Crippen LogP contribution in [0.5, 0.6) is 11.5 Å². The predicted octanol–water partition coefficient (Wildman–Crippen LogP) is 3.79. The highest BCUT2D eigenvalue weighted by Crippen LogP contribution is 2.35. The van der Waals surface area contributed by atoms with Crippen molar-refractivity contribution < 1.29 is 18.7 Å². The van der Waals surface area contributed by atoms with E-state index >= 15 is 0 Å². The highest BCUT2D eigenvalue weighted by molar-refractivity contribution is 6.32. The van der Waals surface area contributed by atoms with E-state index in [1.54, 1.807) is 37.3 Å². The van der Waals surface area contributed by atoms with Crippen molar-refractivity contribution in [1.82, 2.24) is 5.32 Å². The van der Waals surface area contributed by atoms with Gasteiger partial charge in [0.2, 0.25) is 5.91 Å². The van der Waals surface area contributed by atoms with Gasteiger partial charge in [-0.1, -0.05) is 29.8 Å². The Balaban J connectivity index is 2.01. The molecule has 0 heterocycles. The SMILES string of the molecule is COc1cc(OC)c(NC(=O)CNC(C)c2ccccc2F)cc1Cl. The third kappa shape index (κ3) is 4.84. The van der Waals surface area contributed by atoms with Gasteiger partial charge < -0.3 is 20.1 Å². The molecule has 1 amide bonds. The molecule has 0 saturated carbocycles. The Morgan fingerprint density at radius 1 is 1.20 bits per heavy atom. The van der Waals surface area contributed by atoms with Crippen LogP contribution in [0, 0.1) is 5.82 Å². The van der Waals surface area contributed by atoms with Crippen molar-refractivity contribution in [3.8, 4) is 11.5 Å². The lowest BCUT2D eigenvalue weighted by Gasteiger charge is -2.16. The molecule has 2 N–H and O–H groups in total. The summed E-state index contributed by atoms with van der Waals surface area (Å²) in [5, 5.41) is 6.05. The number of amides is 1. The minimum atomic E-state index is -0.313. The second kappa shape index (κ2) is 8.69. The average molecular weight is 367 g/mol. The molecule has 0 aliphatic carbocycles. The van der Waals surface area contributed by atoms with Crippen LogP contribution in [-0.2, 0) is 4.79 Å². The molecule has 0 bridgehead atoms. The molecule has 2 rings (SSSR count). The van der Waals surface area contributed by atoms with Gasteiger partial charge in [-0.25, -0.2) is 4.39 Å². The van der Waals surface area contributed by atoms with Gasteiger partial charge in [0.15, 0.2) is 0 Å². The van der Waals surface area contributed by atoms with E-state index in [1.807, 2.05) is 0 Å². The van der Waals surface area contributed by atoms with Crippen molar-refractivity contribution in [2.24, 2.45) is 0 Å². The van der Waals surface area contributed by atoms with Crippen molar-refractivity contribution in [1.29, 1.82) is 0 Å². The van der Waals surface area contributed by atoms with Gasteiger partial charge in [0.05, 0.1) is 31.5 Å². The lowest BCUT2D eigenvalue weighted by Crippen LogP contribution is -2.30. The Labute approximate surface area is 151 Å². The van der Waals surface area contributed by atoms with E-state index in [2.05, 4.69) is 10.6 Å². The van der Waals surface area contributed by atoms with Crippen molar-refractivity contribution in [2.75, 3.05) is 26.1 Å². The molecule has 7 heteroatoms. The predicted molar refractivity (Wildman–Crippen MR) is 96.0 cm³/mol. The molecule has 0 fully saturated rings. The van der Waals surface area contributed by atoms with Crippen LogP contribution in [-0.4, -0.2) is 26.7 Å². The van der Waals surface area contributed by atoms with Crippen LogP contribution in [0.4, 0.5) is 10.1 Å². The number of halogens is 2. The third-order valence-corrected chi connectivity index (χ3v) is 3.98. The van der Waals surface area contributed by atoms with Crippen molar-refractivity contribution in [3.63, 3.8) is 0 Å². The van der Waals surface area contributed by atoms with Crippen molar-refractivity contribution in [2.45, 2.75) is 13.0 Å². The molecule has 134 valence electrons. The van der Waals surface area contributed by atoms with E-state index in [0.29, 0.717) is 27.8 Å². The summed E-state index contributed by atoms with van der Waals surface area (Å²) in [7, 11) is 2.98. The number of anilines is 1. The molecule has 0 spiro atoms. The maximum absolute atomic E-state index is 13.7. The number of ether oxygens (including phenoxy) is 2. The Bertz CT molecular complexity index is 755. The van der Waals surface area contributed by atoms with E-state index < -0.39 is 0 Å². The zero-order valence-electron chi connectivity index (χ0n) is 14.2. The van der Waals surface area contributed by atoms with Gasteiger partial charge in [-0.15, -0.1) is 0 Å². The first kappa shape index (κ1) is 19.0. The molecule has 5 nitrogen and oxygen atoms in total. The van der Waals surface area contributed by atoms with Gasteiger partial charge in [0, 0.05) is 17.7 Å². The van der Waals surface area contributed by atoms with Crippen molar-refractivity contribution in [3.05, 3.63) is 52.8 Å². The van der Waals surface area contributed by atoms with Gasteiger partial charge in [0.25, 0.3) is 0 Å². The molecule has 1 atom stereocenters. The highest BCUT2D eigenvalue weighted by Gasteiger charge is 2.14. The lowest BCUT2D eigenvalue weighted by atomic mass is 10.1. The van der Waals surface area contributed by atoms with Crippen LogP contribution >= 0.6 is 11.6 Å². The number of hydrogen-bond acceptors (Lipinski definition) is 4. The molecule has 2 aromatic carbocycles. The van der Waals surface area contributed by atoms with Gasteiger partial charge >= 0.3 is 0 Å². The van der Waals surface area contributed by atoms with Crippen LogP contribution in [0.25, 0.3) is 0 Å². The van der Waals surface area contributed by atoms with E-state index in [1.165, 1.54) is 20.3 Å². The largest absolute Gasteiger partial charge is 0.495 e. The third-order valence-electron chi connectivity index (χ3n) is 3.69. The summed E-state index contributed by atoms with van der Waals surface area (Å²) in [5.74, 6) is 0.258. The van der Waals surface area contributed by atoms with Crippen LogP contribution in [0.3, 0.4) is 0 Å². The van der Waals surface area contributed by atoms with Crippen LogP contribution < -0.4 is 20.1 Å². The summed E-state index contributed by atoms with van der Waals surface area (Å²) in [6.45, 7) is 1.79. The zero-order chi connectivity index (χ0) is 18.4. The molecular formula is C18H20ClFN2O3. The number of methoxy groups -OCH3 is 2. The Hall–Kier alpha value is -2.31. The molecule has 2 aromatic rings. The second-order valence-electron chi connectivity index (χ2n) is 5.36. The Morgan fingerprint density at radius 3 is 2.52 bits per heavy atom. The van der Waals surface area contributed by atoms with Crippen molar-refractivity contribution >= 4 is 23.2 Å². The number of nitrogens with one attached hydrogen (secondary N) is 2. The Morgan fingerprint density at radius 2 is 1.88 bits per heavy atom. The fourth-order valence-corrected chi connectivity index (χ4v) is 2.57. The minimum absolute atomic E-state index is 0.00229. The summed E-state index contributed by atoms with van der Waals surface area (Å²) in [6, 6.07) is 9.27. The van der Waals surface area contributed by atoms with Crippen LogP contribution in [0.2, 0.25) is 5.02 Å². The van der Waals surface area contributed by atoms with Gasteiger partial charge in [-0.05, 0) is 19.1 Å². The number of benzene rings is 2. The summed E-state index contributed by atoms with van der Waals surface area (Å²) in [5.41, 5.74) is 0.930. The molecule has 0 aromatic heterocycles. The average Bonchev–Trinajstić information content (AvgIpc) is 2.60. The summed E-state index contributed by atoms with van der Waals surface area (Å²) < 4.78 is 24.1. The number of carbonyl (C=O) groups excluding carboxylic acids is 1. The summed E-state index contributed by atoms with van der Waals surface area (Å²) in [4.78, 5) is 12.2. The normalized spacial score (nSPS) is 11.7. The van der Waals surface area contributed by atoms with Gasteiger partial charge in [0.1, 0.15) is 17.3 Å². The molecule has 0 saturated heterocycles. The number of rotatable bonds is 7. The fraction of sp³-hybridized carbons (Fsp3) is 0.278. The minimum Gasteiger partial charge on any atom is -0.495 e. The standard InChI is InChI=1S/C18H20ClFN2O3/c1-11(12-6-4-5-7-14(12)20)21-10-18(23)22-15-8-13(19)16(24-2)9-17(15)25-3/h4-9,11,21H,10H2,1-3H3,(H,22,23). The smallest absolute Gasteiger partial charge is 0.238 e. The van der Waals surface area contributed by atoms with E-state index in [9.17, 15) is 9.18 Å². The summed E-state index contributed by atoms with van der Waals surface area (Å²) in [6.07, 6.45) is 0. The topological polar surface area (TPSA) is 59.6 Å². The van der Waals surface area contributed by atoms with E-state index in [-0.39, 0.29) is 24.3 Å². The molecule has 25 heavy (non-hydrogen) atoms. The second-order valence-corrected chi connectivity index (χ2v) is 5.77. The maximum atomic E-state index is 13.7. The highest BCUT2D eigenvalue weighted by atomic mass is 35.5. The summed E-state index contributed by atoms with van der Waals surface area (Å²) >= 11 is 6.08. The molecular weight excluding hydrogens is 347 g/mol. The first-order chi connectivity index (χ1) is 12.0. The monoisotopic (exact) mass is 366 g/mol. The molecule has 0 aliphatic rings. The Kier molecular flexibility index (Phi) is 6.61. The number of hydrogen-bond donors (Lipinski definition) is 2. The molecule has 1 unspecified atom stereocenters. The van der Waals surface area contributed by atoms with E-state index in [4.69, 9.17) is 21.1 Å².